The topological polar surface area (TPSA) is 53.3 Å². The van der Waals surface area contributed by atoms with Gasteiger partial charge in [-0.1, -0.05) is 13.0 Å². The summed E-state index contributed by atoms with van der Waals surface area (Å²) in [5.74, 6) is -0.303. The largest absolute Gasteiger partial charge is 0.463 e. The van der Waals surface area contributed by atoms with E-state index in [1.54, 1.807) is 13.0 Å². The zero-order chi connectivity index (χ0) is 12.4. The van der Waals surface area contributed by atoms with Crippen molar-refractivity contribution in [2.75, 3.05) is 26.2 Å². The molecule has 0 heterocycles. The van der Waals surface area contributed by atoms with Crippen LogP contribution in [-0.2, 0) is 9.53 Å². The summed E-state index contributed by atoms with van der Waals surface area (Å²) in [7, 11) is 0. The fraction of sp³-hybridized carbons (Fsp3) is 0.667. The predicted octanol–water partition coefficient (Wildman–Crippen LogP) is 1.59. The molecule has 0 saturated carbocycles. The highest BCUT2D eigenvalue weighted by Crippen LogP contribution is 1.98. The predicted molar refractivity (Wildman–Crippen MR) is 62.7 cm³/mol. The molecule has 0 aliphatic carbocycles. The van der Waals surface area contributed by atoms with Crippen LogP contribution in [0.15, 0.2) is 12.2 Å². The maximum absolute atomic E-state index is 11.0. The van der Waals surface area contributed by atoms with Crippen molar-refractivity contribution >= 4 is 5.97 Å². The maximum atomic E-state index is 11.0. The van der Waals surface area contributed by atoms with Crippen LogP contribution in [0, 0.1) is 17.2 Å². The second-order valence-corrected chi connectivity index (χ2v) is 3.54. The summed E-state index contributed by atoms with van der Waals surface area (Å²) in [6, 6.07) is 2.19. The second kappa shape index (κ2) is 8.93. The first-order valence-electron chi connectivity index (χ1n) is 5.59. The van der Waals surface area contributed by atoms with Gasteiger partial charge in [-0.15, -0.1) is 0 Å². The van der Waals surface area contributed by atoms with Gasteiger partial charge in [0.25, 0.3) is 0 Å². The Morgan fingerprint density at radius 1 is 1.56 bits per heavy atom. The number of esters is 1. The van der Waals surface area contributed by atoms with Gasteiger partial charge in [0.2, 0.25) is 0 Å². The smallest absolute Gasteiger partial charge is 0.330 e. The van der Waals surface area contributed by atoms with Crippen LogP contribution in [0.25, 0.3) is 0 Å². The minimum absolute atomic E-state index is 0.0101. The third-order valence-electron chi connectivity index (χ3n) is 2.10. The van der Waals surface area contributed by atoms with Gasteiger partial charge < -0.3 is 4.74 Å². The highest BCUT2D eigenvalue weighted by molar-refractivity contribution is 5.81. The molecule has 1 atom stereocenters. The van der Waals surface area contributed by atoms with Crippen molar-refractivity contribution < 1.29 is 9.53 Å². The van der Waals surface area contributed by atoms with Gasteiger partial charge in [0, 0.05) is 19.2 Å². The quantitative estimate of drug-likeness (QED) is 0.487. The van der Waals surface area contributed by atoms with Crippen LogP contribution in [0.1, 0.15) is 20.8 Å². The Bertz CT molecular complexity index is 269. The van der Waals surface area contributed by atoms with Crippen LogP contribution in [0.2, 0.25) is 0 Å². The number of hydrogen-bond acceptors (Lipinski definition) is 4. The van der Waals surface area contributed by atoms with E-state index in [1.807, 2.05) is 13.8 Å². The average Bonchev–Trinajstić information content (AvgIpc) is 2.27. The lowest BCUT2D eigenvalue weighted by molar-refractivity contribution is -0.137. The van der Waals surface area contributed by atoms with Gasteiger partial charge in [0.15, 0.2) is 0 Å². The van der Waals surface area contributed by atoms with E-state index in [1.165, 1.54) is 6.08 Å². The van der Waals surface area contributed by atoms with Crippen LogP contribution in [0.4, 0.5) is 0 Å². The Balaban J connectivity index is 3.96. The van der Waals surface area contributed by atoms with E-state index in [0.29, 0.717) is 13.2 Å². The minimum atomic E-state index is -0.313. The van der Waals surface area contributed by atoms with Gasteiger partial charge in [0.1, 0.15) is 0 Å². The Hall–Kier alpha value is -1.34. The lowest BCUT2D eigenvalue weighted by atomic mass is 10.2. The summed E-state index contributed by atoms with van der Waals surface area (Å²) >= 11 is 0. The number of carbonyl (C=O) groups excluding carboxylic acids is 1. The molecule has 0 aromatic carbocycles. The highest BCUT2D eigenvalue weighted by Gasteiger charge is 2.06. The number of rotatable bonds is 7. The molecule has 0 bridgehead atoms. The Morgan fingerprint density at radius 2 is 2.25 bits per heavy atom. The van der Waals surface area contributed by atoms with Crippen molar-refractivity contribution in [3.63, 3.8) is 0 Å². The van der Waals surface area contributed by atoms with Gasteiger partial charge >= 0.3 is 5.97 Å². The lowest BCUT2D eigenvalue weighted by Gasteiger charge is -2.19. The van der Waals surface area contributed by atoms with Crippen molar-refractivity contribution in [3.8, 4) is 6.07 Å². The summed E-state index contributed by atoms with van der Waals surface area (Å²) in [6.45, 7) is 8.34. The SMILES string of the molecule is CCOC(=O)/C=C/CN(CC)CC(C)C#N. The molecule has 0 aliphatic heterocycles. The van der Waals surface area contributed by atoms with Crippen molar-refractivity contribution in [2.24, 2.45) is 5.92 Å². The molecule has 0 aliphatic rings. The number of nitriles is 1. The molecule has 0 N–H and O–H groups in total. The molecule has 0 rings (SSSR count). The summed E-state index contributed by atoms with van der Waals surface area (Å²) in [4.78, 5) is 13.1. The van der Waals surface area contributed by atoms with E-state index in [9.17, 15) is 4.79 Å². The first-order valence-corrected chi connectivity index (χ1v) is 5.59. The third-order valence-corrected chi connectivity index (χ3v) is 2.10. The van der Waals surface area contributed by atoms with Crippen LogP contribution in [-0.4, -0.2) is 37.1 Å². The number of likely N-dealkylation sites (N-methyl/N-ethyl adjacent to an activating group) is 1. The van der Waals surface area contributed by atoms with Crippen LogP contribution in [0.3, 0.4) is 0 Å². The first kappa shape index (κ1) is 14.7. The van der Waals surface area contributed by atoms with E-state index in [2.05, 4.69) is 11.0 Å². The van der Waals surface area contributed by atoms with Crippen molar-refractivity contribution in [2.45, 2.75) is 20.8 Å². The molecule has 16 heavy (non-hydrogen) atoms. The molecule has 90 valence electrons. The molecule has 0 fully saturated rings. The van der Waals surface area contributed by atoms with Crippen molar-refractivity contribution in [1.29, 1.82) is 5.26 Å². The monoisotopic (exact) mass is 224 g/mol. The van der Waals surface area contributed by atoms with Gasteiger partial charge in [-0.05, 0) is 20.4 Å². The molecule has 0 aromatic rings. The van der Waals surface area contributed by atoms with E-state index in [-0.39, 0.29) is 11.9 Å². The standard InChI is InChI=1S/C12H20N2O2/c1-4-14(10-11(3)9-13)8-6-7-12(15)16-5-2/h6-7,11H,4-5,8,10H2,1-3H3/b7-6+. The minimum Gasteiger partial charge on any atom is -0.463 e. The van der Waals surface area contributed by atoms with Crippen molar-refractivity contribution in [1.82, 2.24) is 4.90 Å². The molecule has 0 saturated heterocycles. The molecule has 0 spiro atoms. The zero-order valence-corrected chi connectivity index (χ0v) is 10.3. The van der Waals surface area contributed by atoms with Gasteiger partial charge in [-0.3, -0.25) is 4.90 Å². The number of carbonyl (C=O) groups is 1. The second-order valence-electron chi connectivity index (χ2n) is 3.54. The lowest BCUT2D eigenvalue weighted by Crippen LogP contribution is -2.28. The van der Waals surface area contributed by atoms with E-state index in [4.69, 9.17) is 10.00 Å². The van der Waals surface area contributed by atoms with Crippen molar-refractivity contribution in [3.05, 3.63) is 12.2 Å². The van der Waals surface area contributed by atoms with Crippen LogP contribution >= 0.6 is 0 Å². The molecular weight excluding hydrogens is 204 g/mol. The van der Waals surface area contributed by atoms with E-state index >= 15 is 0 Å². The number of hydrogen-bond donors (Lipinski definition) is 0. The molecule has 0 radical (unpaired) electrons. The molecule has 4 nitrogen and oxygen atoms in total. The summed E-state index contributed by atoms with van der Waals surface area (Å²) in [5.41, 5.74) is 0. The molecular formula is C12H20N2O2. The summed E-state index contributed by atoms with van der Waals surface area (Å²) in [6.07, 6.45) is 3.20. The van der Waals surface area contributed by atoms with Gasteiger partial charge in [-0.2, -0.15) is 5.26 Å². The third kappa shape index (κ3) is 7.02. The van der Waals surface area contributed by atoms with E-state index < -0.39 is 0 Å². The van der Waals surface area contributed by atoms with E-state index in [0.717, 1.165) is 13.1 Å². The summed E-state index contributed by atoms with van der Waals surface area (Å²) < 4.78 is 4.76. The normalized spacial score (nSPS) is 12.7. The number of nitrogens with zero attached hydrogens (tertiary/aromatic N) is 2. The fourth-order valence-corrected chi connectivity index (χ4v) is 1.25. The molecule has 0 aromatic heterocycles. The molecule has 1 unspecified atom stereocenters. The van der Waals surface area contributed by atoms with Crippen LogP contribution in [0.5, 0.6) is 0 Å². The number of ether oxygens (including phenoxy) is 1. The molecule has 0 amide bonds. The Morgan fingerprint density at radius 3 is 2.75 bits per heavy atom. The Kier molecular flexibility index (Phi) is 8.18. The fourth-order valence-electron chi connectivity index (χ4n) is 1.25. The summed E-state index contributed by atoms with van der Waals surface area (Å²) in [5, 5.41) is 8.69. The van der Waals surface area contributed by atoms with Gasteiger partial charge in [-0.25, -0.2) is 4.79 Å². The zero-order valence-electron chi connectivity index (χ0n) is 10.3. The molecule has 4 heteroatoms. The first-order chi connectivity index (χ1) is 7.63. The van der Waals surface area contributed by atoms with Gasteiger partial charge in [0.05, 0.1) is 18.6 Å². The highest BCUT2D eigenvalue weighted by atomic mass is 16.5. The maximum Gasteiger partial charge on any atom is 0.330 e. The Labute approximate surface area is 97.5 Å². The van der Waals surface area contributed by atoms with Crippen LogP contribution < -0.4 is 0 Å². The average molecular weight is 224 g/mol.